The Balaban J connectivity index is 1.60. The van der Waals surface area contributed by atoms with E-state index in [4.69, 9.17) is 9.47 Å². The summed E-state index contributed by atoms with van der Waals surface area (Å²) in [4.78, 5) is 25.6. The molecule has 0 saturated carbocycles. The molecule has 1 fully saturated rings. The molecule has 1 N–H and O–H groups in total. The third-order valence-corrected chi connectivity index (χ3v) is 8.17. The van der Waals surface area contributed by atoms with E-state index in [1.807, 2.05) is 0 Å². The number of rotatable bonds is 7. The summed E-state index contributed by atoms with van der Waals surface area (Å²) in [6, 6.07) is 12.5. The van der Waals surface area contributed by atoms with E-state index in [0.29, 0.717) is 47.1 Å². The van der Waals surface area contributed by atoms with Gasteiger partial charge in [-0.2, -0.15) is 4.31 Å². The maximum absolute atomic E-state index is 13.1. The number of carbonyl (C=O) groups is 1. The van der Waals surface area contributed by atoms with Crippen molar-refractivity contribution in [2.45, 2.75) is 31.2 Å². The Labute approximate surface area is 204 Å². The molecule has 1 aromatic heterocycles. The van der Waals surface area contributed by atoms with Gasteiger partial charge in [0.1, 0.15) is 18.0 Å². The van der Waals surface area contributed by atoms with Crippen LogP contribution in [0.5, 0.6) is 11.5 Å². The van der Waals surface area contributed by atoms with E-state index < -0.39 is 15.9 Å². The van der Waals surface area contributed by atoms with Gasteiger partial charge in [0.2, 0.25) is 15.9 Å². The summed E-state index contributed by atoms with van der Waals surface area (Å²) < 4.78 is 39.6. The van der Waals surface area contributed by atoms with E-state index in [1.54, 1.807) is 36.4 Å². The third-order valence-electron chi connectivity index (χ3n) is 6.28. The predicted molar refractivity (Wildman–Crippen MR) is 134 cm³/mol. The topological polar surface area (TPSA) is 107 Å². The number of fused-ring (bicyclic) bond motifs is 1. The molecule has 1 aliphatic rings. The number of pyridine rings is 1. The summed E-state index contributed by atoms with van der Waals surface area (Å²) in [5, 5.41) is 3.31. The first kappa shape index (κ1) is 24.7. The molecule has 10 heteroatoms. The van der Waals surface area contributed by atoms with E-state index in [2.05, 4.69) is 12.2 Å². The minimum absolute atomic E-state index is 0.178. The number of hydrogen-bond acceptors (Lipinski definition) is 6. The summed E-state index contributed by atoms with van der Waals surface area (Å²) in [5.74, 6) is 1.11. The highest BCUT2D eigenvalue weighted by molar-refractivity contribution is 7.89. The Morgan fingerprint density at radius 3 is 2.29 bits per heavy atom. The van der Waals surface area contributed by atoms with Crippen LogP contribution in [0.25, 0.3) is 10.9 Å². The highest BCUT2D eigenvalue weighted by Crippen LogP contribution is 2.27. The number of sulfonamides is 1. The zero-order valence-corrected chi connectivity index (χ0v) is 20.8. The first-order valence-corrected chi connectivity index (χ1v) is 12.8. The average Bonchev–Trinajstić information content (AvgIpc) is 2.85. The van der Waals surface area contributed by atoms with Crippen LogP contribution in [-0.4, -0.2) is 50.5 Å². The van der Waals surface area contributed by atoms with Crippen LogP contribution in [0.4, 0.5) is 5.69 Å². The van der Waals surface area contributed by atoms with Crippen LogP contribution >= 0.6 is 0 Å². The molecule has 1 amide bonds. The lowest BCUT2D eigenvalue weighted by atomic mass is 10.0. The SMILES string of the molecule is COc1cc(NC(=O)Cn2c(=O)ccc3cc(S(=O)(=O)N4CCC(C)CC4)ccc32)cc(OC)c1. The predicted octanol–water partition coefficient (Wildman–Crippen LogP) is 3.08. The fourth-order valence-corrected chi connectivity index (χ4v) is 5.71. The first-order chi connectivity index (χ1) is 16.7. The number of ether oxygens (including phenoxy) is 2. The molecule has 35 heavy (non-hydrogen) atoms. The highest BCUT2D eigenvalue weighted by Gasteiger charge is 2.28. The van der Waals surface area contributed by atoms with Crippen molar-refractivity contribution in [2.75, 3.05) is 32.6 Å². The van der Waals surface area contributed by atoms with Gasteiger partial charge in [0.05, 0.1) is 24.6 Å². The van der Waals surface area contributed by atoms with Gasteiger partial charge in [0.15, 0.2) is 0 Å². The molecule has 0 unspecified atom stereocenters. The van der Waals surface area contributed by atoms with Gasteiger partial charge in [-0.05, 0) is 48.4 Å². The second-order valence-electron chi connectivity index (χ2n) is 8.71. The zero-order chi connectivity index (χ0) is 25.2. The number of methoxy groups -OCH3 is 2. The molecule has 9 nitrogen and oxygen atoms in total. The van der Waals surface area contributed by atoms with Crippen molar-refractivity contribution >= 4 is 32.5 Å². The lowest BCUT2D eigenvalue weighted by molar-refractivity contribution is -0.116. The van der Waals surface area contributed by atoms with Gasteiger partial charge in [-0.15, -0.1) is 0 Å². The number of benzene rings is 2. The quantitative estimate of drug-likeness (QED) is 0.536. The standard InChI is InChI=1S/C25H29N3O6S/c1-17-8-10-27(11-9-17)35(31,32)22-5-6-23-18(12-22)4-7-25(30)28(23)16-24(29)26-19-13-20(33-2)15-21(14-19)34-3/h4-7,12-15,17H,8-11,16H2,1-3H3,(H,26,29). The van der Waals surface area contributed by atoms with Gasteiger partial charge in [-0.3, -0.25) is 14.2 Å². The molecule has 0 radical (unpaired) electrons. The zero-order valence-electron chi connectivity index (χ0n) is 20.0. The molecular formula is C25H29N3O6S. The fourth-order valence-electron chi connectivity index (χ4n) is 4.20. The van der Waals surface area contributed by atoms with Gasteiger partial charge in [0, 0.05) is 43.0 Å². The van der Waals surface area contributed by atoms with Gasteiger partial charge in [0.25, 0.3) is 5.56 Å². The van der Waals surface area contributed by atoms with Gasteiger partial charge >= 0.3 is 0 Å². The summed E-state index contributed by atoms with van der Waals surface area (Å²) >= 11 is 0. The summed E-state index contributed by atoms with van der Waals surface area (Å²) in [5.41, 5.74) is 0.572. The van der Waals surface area contributed by atoms with E-state index in [-0.39, 0.29) is 17.0 Å². The Morgan fingerprint density at radius 1 is 1.00 bits per heavy atom. The van der Waals surface area contributed by atoms with Gasteiger partial charge < -0.3 is 14.8 Å². The van der Waals surface area contributed by atoms with Crippen LogP contribution in [0.15, 0.2) is 58.2 Å². The van der Waals surface area contributed by atoms with Crippen LogP contribution < -0.4 is 20.3 Å². The molecule has 1 aliphatic heterocycles. The summed E-state index contributed by atoms with van der Waals surface area (Å²) in [6.07, 6.45) is 1.67. The van der Waals surface area contributed by atoms with Crippen LogP contribution in [-0.2, 0) is 21.4 Å². The Hall–Kier alpha value is -3.37. The van der Waals surface area contributed by atoms with E-state index in [9.17, 15) is 18.0 Å². The van der Waals surface area contributed by atoms with Crippen molar-refractivity contribution in [3.05, 3.63) is 58.9 Å². The molecule has 0 bridgehead atoms. The normalized spacial score (nSPS) is 15.2. The fraction of sp³-hybridized carbons (Fsp3) is 0.360. The molecule has 3 aromatic rings. The van der Waals surface area contributed by atoms with Crippen molar-refractivity contribution < 1.29 is 22.7 Å². The average molecular weight is 500 g/mol. The number of nitrogens with one attached hydrogen (secondary N) is 1. The maximum Gasteiger partial charge on any atom is 0.251 e. The van der Waals surface area contributed by atoms with E-state index >= 15 is 0 Å². The molecule has 0 aliphatic carbocycles. The second kappa shape index (κ2) is 10.1. The number of nitrogens with zero attached hydrogens (tertiary/aromatic N) is 2. The molecule has 1 saturated heterocycles. The molecule has 186 valence electrons. The number of hydrogen-bond donors (Lipinski definition) is 1. The number of aromatic nitrogens is 1. The first-order valence-electron chi connectivity index (χ1n) is 11.4. The monoisotopic (exact) mass is 499 g/mol. The molecule has 4 rings (SSSR count). The summed E-state index contributed by atoms with van der Waals surface area (Å²) in [6.45, 7) is 2.87. The number of amides is 1. The van der Waals surface area contributed by atoms with Crippen LogP contribution in [0, 0.1) is 5.92 Å². The largest absolute Gasteiger partial charge is 0.497 e. The maximum atomic E-state index is 13.1. The molecule has 2 aromatic carbocycles. The van der Waals surface area contributed by atoms with E-state index in [0.717, 1.165) is 12.8 Å². The molecule has 2 heterocycles. The van der Waals surface area contributed by atoms with Crippen molar-refractivity contribution in [2.24, 2.45) is 5.92 Å². The van der Waals surface area contributed by atoms with Crippen molar-refractivity contribution in [1.82, 2.24) is 8.87 Å². The molecule has 0 spiro atoms. The van der Waals surface area contributed by atoms with Crippen LogP contribution in [0.2, 0.25) is 0 Å². The van der Waals surface area contributed by atoms with E-state index in [1.165, 1.54) is 35.2 Å². The Kier molecular flexibility index (Phi) is 7.13. The Morgan fingerprint density at radius 2 is 1.66 bits per heavy atom. The number of piperidine rings is 1. The minimum atomic E-state index is -3.63. The lowest BCUT2D eigenvalue weighted by Gasteiger charge is -2.29. The minimum Gasteiger partial charge on any atom is -0.497 e. The van der Waals surface area contributed by atoms with Crippen LogP contribution in [0.3, 0.4) is 0 Å². The second-order valence-corrected chi connectivity index (χ2v) is 10.7. The molecular weight excluding hydrogens is 470 g/mol. The molecule has 0 atom stereocenters. The van der Waals surface area contributed by atoms with Gasteiger partial charge in [-0.1, -0.05) is 6.92 Å². The lowest BCUT2D eigenvalue weighted by Crippen LogP contribution is -2.37. The summed E-state index contributed by atoms with van der Waals surface area (Å²) in [7, 11) is -0.614. The third kappa shape index (κ3) is 5.33. The smallest absolute Gasteiger partial charge is 0.251 e. The number of anilines is 1. The van der Waals surface area contributed by atoms with Crippen molar-refractivity contribution in [3.63, 3.8) is 0 Å². The van der Waals surface area contributed by atoms with Gasteiger partial charge in [-0.25, -0.2) is 8.42 Å². The van der Waals surface area contributed by atoms with Crippen molar-refractivity contribution in [1.29, 1.82) is 0 Å². The van der Waals surface area contributed by atoms with Crippen molar-refractivity contribution in [3.8, 4) is 11.5 Å². The highest BCUT2D eigenvalue weighted by atomic mass is 32.2. The van der Waals surface area contributed by atoms with Crippen LogP contribution in [0.1, 0.15) is 19.8 Å². The number of carbonyl (C=O) groups excluding carboxylic acids is 1. The Bertz CT molecular complexity index is 1390.